The number of alkyl carbamates (subject to hydrolysis) is 2. The van der Waals surface area contributed by atoms with Crippen molar-refractivity contribution >= 4 is 56.8 Å². The summed E-state index contributed by atoms with van der Waals surface area (Å²) in [5.41, 5.74) is 8.03. The molecule has 2 saturated carbocycles. The fraction of sp³-hybridized carbons (Fsp3) is 0.440. The number of piperidine rings is 1. The van der Waals surface area contributed by atoms with E-state index in [4.69, 9.17) is 19.4 Å². The number of aryl methyl sites for hydroxylation is 1. The first-order valence-corrected chi connectivity index (χ1v) is 22.6. The number of aromatic amines is 2. The number of H-pyrrole nitrogens is 2. The number of nitrogens with zero attached hydrogens (tertiary/aromatic N) is 3. The average Bonchev–Trinajstić information content (AvgIpc) is 3.76. The van der Waals surface area contributed by atoms with Crippen LogP contribution in [0.4, 0.5) is 9.59 Å². The van der Waals surface area contributed by atoms with E-state index in [2.05, 4.69) is 106 Å². The number of imidazole rings is 2. The maximum Gasteiger partial charge on any atom is 0.407 e. The van der Waals surface area contributed by atoms with Gasteiger partial charge in [0.2, 0.25) is 11.8 Å². The zero-order valence-corrected chi connectivity index (χ0v) is 37.7. The summed E-state index contributed by atoms with van der Waals surface area (Å²) in [4.78, 5) is 70.0. The minimum absolute atomic E-state index is 0.0625. The lowest BCUT2D eigenvalue weighted by Gasteiger charge is -2.32. The Kier molecular flexibility index (Phi) is 11.3. The van der Waals surface area contributed by atoms with Crippen LogP contribution in [-0.2, 0) is 25.5 Å². The van der Waals surface area contributed by atoms with Crippen molar-refractivity contribution in [1.29, 1.82) is 0 Å². The Morgan fingerprint density at radius 2 is 1.27 bits per heavy atom. The predicted molar refractivity (Wildman–Crippen MR) is 246 cm³/mol. The maximum atomic E-state index is 14.0. The molecule has 5 N–H and O–H groups in total. The number of hydrogen-bond donors (Lipinski definition) is 5. The van der Waals surface area contributed by atoms with Gasteiger partial charge >= 0.3 is 12.2 Å². The number of rotatable bonds is 13. The van der Waals surface area contributed by atoms with E-state index < -0.39 is 24.3 Å². The molecule has 64 heavy (non-hydrogen) atoms. The molecule has 9 rings (SSSR count). The van der Waals surface area contributed by atoms with Gasteiger partial charge in [-0.3, -0.25) is 9.59 Å². The van der Waals surface area contributed by atoms with Gasteiger partial charge < -0.3 is 40.3 Å². The van der Waals surface area contributed by atoms with Crippen molar-refractivity contribution in [3.8, 4) is 22.3 Å². The normalized spacial score (nSPS) is 23.3. The van der Waals surface area contributed by atoms with E-state index in [1.54, 1.807) is 0 Å². The Balaban J connectivity index is 0.863. The molecule has 1 aliphatic heterocycles. The molecule has 2 aliphatic carbocycles. The summed E-state index contributed by atoms with van der Waals surface area (Å²) in [6.07, 6.45) is 1.27. The first-order valence-electron chi connectivity index (χ1n) is 22.6. The van der Waals surface area contributed by atoms with E-state index in [1.165, 1.54) is 14.2 Å². The van der Waals surface area contributed by atoms with E-state index in [0.717, 1.165) is 86.0 Å². The lowest BCUT2D eigenvalue weighted by atomic mass is 9.97. The third kappa shape index (κ3) is 8.14. The lowest BCUT2D eigenvalue weighted by molar-refractivity contribution is -0.137. The third-order valence-electron chi connectivity index (χ3n) is 14.2. The number of ether oxygens (including phenoxy) is 2. The van der Waals surface area contributed by atoms with Gasteiger partial charge in [0.05, 0.1) is 42.3 Å². The molecule has 14 nitrogen and oxygen atoms in total. The molecule has 9 unspecified atom stereocenters. The van der Waals surface area contributed by atoms with Gasteiger partial charge in [0.15, 0.2) is 0 Å². The molecule has 4 amide bonds. The van der Waals surface area contributed by atoms with E-state index in [1.807, 2.05) is 38.7 Å². The number of carbonyl (C=O) groups is 4. The molecule has 1 saturated heterocycles. The summed E-state index contributed by atoms with van der Waals surface area (Å²) in [5.74, 6) is 2.74. The first kappa shape index (κ1) is 42.8. The minimum Gasteiger partial charge on any atom is -0.453 e. The van der Waals surface area contributed by atoms with E-state index in [9.17, 15) is 19.2 Å². The van der Waals surface area contributed by atoms with Gasteiger partial charge in [-0.25, -0.2) is 19.6 Å². The Labute approximate surface area is 372 Å². The minimum atomic E-state index is -0.689. The van der Waals surface area contributed by atoms with Crippen molar-refractivity contribution in [3.63, 3.8) is 0 Å². The summed E-state index contributed by atoms with van der Waals surface area (Å²) in [5, 5.41) is 10.8. The van der Waals surface area contributed by atoms with Gasteiger partial charge in [0.25, 0.3) is 0 Å². The molecule has 6 aromatic rings. The molecule has 14 heteroatoms. The number of fused-ring (bicyclic) bond motifs is 4. The predicted octanol–water partition coefficient (Wildman–Crippen LogP) is 8.28. The van der Waals surface area contributed by atoms with Crippen molar-refractivity contribution in [1.82, 2.24) is 40.8 Å². The van der Waals surface area contributed by atoms with Crippen LogP contribution in [0.25, 0.3) is 55.1 Å². The van der Waals surface area contributed by atoms with Crippen molar-refractivity contribution in [2.24, 2.45) is 35.5 Å². The van der Waals surface area contributed by atoms with Gasteiger partial charge in [0.1, 0.15) is 23.7 Å². The van der Waals surface area contributed by atoms with Crippen LogP contribution in [0.5, 0.6) is 0 Å². The molecule has 9 atom stereocenters. The molecule has 3 aliphatic rings. The van der Waals surface area contributed by atoms with Gasteiger partial charge in [0, 0.05) is 18.5 Å². The lowest BCUT2D eigenvalue weighted by Crippen LogP contribution is -2.52. The van der Waals surface area contributed by atoms with Gasteiger partial charge in [-0.2, -0.15) is 0 Å². The number of likely N-dealkylation sites (tertiary alicyclic amines) is 1. The van der Waals surface area contributed by atoms with Crippen LogP contribution >= 0.6 is 0 Å². The van der Waals surface area contributed by atoms with E-state index >= 15 is 0 Å². The molecule has 0 radical (unpaired) electrons. The molecular formula is C50H58N8O6. The zero-order chi connectivity index (χ0) is 45.1. The van der Waals surface area contributed by atoms with E-state index in [-0.39, 0.29) is 41.8 Å². The van der Waals surface area contributed by atoms with Crippen LogP contribution < -0.4 is 16.0 Å². The number of nitrogens with one attached hydrogen (secondary N) is 5. The van der Waals surface area contributed by atoms with Gasteiger partial charge in [-0.1, -0.05) is 77.9 Å². The molecule has 0 spiro atoms. The zero-order valence-electron chi connectivity index (χ0n) is 37.7. The maximum absolute atomic E-state index is 14.0. The van der Waals surface area contributed by atoms with Crippen molar-refractivity contribution in [2.45, 2.75) is 91.0 Å². The Morgan fingerprint density at radius 1 is 0.719 bits per heavy atom. The van der Waals surface area contributed by atoms with Crippen molar-refractivity contribution < 1.29 is 28.7 Å². The summed E-state index contributed by atoms with van der Waals surface area (Å²) >= 11 is 0. The van der Waals surface area contributed by atoms with E-state index in [0.29, 0.717) is 23.7 Å². The molecular weight excluding hydrogens is 809 g/mol. The average molecular weight is 867 g/mol. The number of amides is 4. The Morgan fingerprint density at radius 3 is 1.86 bits per heavy atom. The Hall–Kier alpha value is -6.44. The molecule has 2 aromatic heterocycles. The third-order valence-corrected chi connectivity index (χ3v) is 14.2. The van der Waals surface area contributed by atoms with Crippen molar-refractivity contribution in [3.05, 3.63) is 84.4 Å². The number of hydrogen-bond acceptors (Lipinski definition) is 8. The standard InChI is InChI=1S/C50H58N8O6/c1-24(2)42(56-49(61)63-7)47(59)55-44-26(5)34(44)15-18-41-51-36-16-13-32(21-38(36)52-41)30-11-9-29-20-31(12-10-28(29)19-30)33-14-17-37-39(22-33)54-46(53-37)40-23-35-27(6)45(35)58(40)48(60)43(25(3)4)57-50(62)64-8/h9-14,16-17,19-22,24-27,34-35,40,42-45H,15,18,23H2,1-8H3,(H,51,52)(H,53,54)(H,55,59)(H,56,61)(H,57,62). The molecule has 0 bridgehead atoms. The van der Waals surface area contributed by atoms with Crippen LogP contribution in [0.1, 0.15) is 72.1 Å². The van der Waals surface area contributed by atoms with Crippen LogP contribution in [0.3, 0.4) is 0 Å². The monoisotopic (exact) mass is 866 g/mol. The van der Waals surface area contributed by atoms with Gasteiger partial charge in [-0.15, -0.1) is 0 Å². The number of carbonyl (C=O) groups excluding carboxylic acids is 4. The highest BCUT2D eigenvalue weighted by atomic mass is 16.5. The summed E-state index contributed by atoms with van der Waals surface area (Å²) in [6, 6.07) is 24.3. The number of methoxy groups -OCH3 is 2. The Bertz CT molecular complexity index is 2780. The summed E-state index contributed by atoms with van der Waals surface area (Å²) < 4.78 is 9.56. The molecule has 3 heterocycles. The molecule has 4 aromatic carbocycles. The van der Waals surface area contributed by atoms with Crippen molar-refractivity contribution in [2.75, 3.05) is 14.2 Å². The fourth-order valence-corrected chi connectivity index (χ4v) is 10.2. The first-order chi connectivity index (χ1) is 30.7. The van der Waals surface area contributed by atoms with Crippen LogP contribution in [0.15, 0.2) is 72.8 Å². The highest BCUT2D eigenvalue weighted by Crippen LogP contribution is 2.57. The fourth-order valence-electron chi connectivity index (χ4n) is 10.2. The van der Waals surface area contributed by atoms with Crippen LogP contribution in [0.2, 0.25) is 0 Å². The number of aromatic nitrogens is 4. The van der Waals surface area contributed by atoms with Crippen LogP contribution in [-0.4, -0.2) is 87.2 Å². The van der Waals surface area contributed by atoms with Crippen LogP contribution in [0, 0.1) is 35.5 Å². The molecule has 334 valence electrons. The SMILES string of the molecule is COC(=O)NC(C(=O)NC1C(C)C1CCc1nc2ccc(-c3ccc4cc(-c5ccc6nc(C7CC8C(C)C8N7C(=O)C(NC(=O)OC)C(C)C)[nH]c6c5)ccc4c3)cc2[nH]1)C(C)C. The topological polar surface area (TPSA) is 183 Å². The molecule has 3 fully saturated rings. The van der Waals surface area contributed by atoms with Gasteiger partial charge in [-0.05, 0) is 118 Å². The smallest absolute Gasteiger partial charge is 0.407 e. The second-order valence-corrected chi connectivity index (χ2v) is 18.9. The summed E-state index contributed by atoms with van der Waals surface area (Å²) in [6.45, 7) is 12.0. The highest BCUT2D eigenvalue weighted by Gasteiger charge is 2.61. The summed E-state index contributed by atoms with van der Waals surface area (Å²) in [7, 11) is 2.60. The second-order valence-electron chi connectivity index (χ2n) is 18.9. The second kappa shape index (κ2) is 16.9. The largest absolute Gasteiger partial charge is 0.453 e. The quantitative estimate of drug-likeness (QED) is 0.0769. The highest BCUT2D eigenvalue weighted by molar-refractivity contribution is 5.93. The number of benzene rings is 4.